The second-order valence-electron chi connectivity index (χ2n) is 5.45. The number of fused-ring (bicyclic) bond motifs is 1. The van der Waals surface area contributed by atoms with Crippen LogP contribution in [-0.2, 0) is 20.9 Å². The summed E-state index contributed by atoms with van der Waals surface area (Å²) in [5.74, 6) is -1.22. The van der Waals surface area contributed by atoms with Crippen molar-refractivity contribution in [1.82, 2.24) is 9.47 Å². The van der Waals surface area contributed by atoms with E-state index in [1.165, 1.54) is 4.90 Å². The molecule has 1 saturated heterocycles. The van der Waals surface area contributed by atoms with Crippen molar-refractivity contribution in [1.29, 1.82) is 0 Å². The highest BCUT2D eigenvalue weighted by molar-refractivity contribution is 5.87. The summed E-state index contributed by atoms with van der Waals surface area (Å²) >= 11 is 0. The van der Waals surface area contributed by atoms with Crippen LogP contribution in [0.3, 0.4) is 0 Å². The number of aromatic nitrogens is 1. The summed E-state index contributed by atoms with van der Waals surface area (Å²) in [5, 5.41) is 10.3. The fourth-order valence-electron chi connectivity index (χ4n) is 2.89. The van der Waals surface area contributed by atoms with Crippen LogP contribution in [0.15, 0.2) is 30.3 Å². The van der Waals surface area contributed by atoms with E-state index in [0.717, 1.165) is 16.6 Å². The van der Waals surface area contributed by atoms with E-state index in [2.05, 4.69) is 0 Å². The summed E-state index contributed by atoms with van der Waals surface area (Å²) < 4.78 is 7.09. The Morgan fingerprint density at radius 3 is 2.91 bits per heavy atom. The highest BCUT2D eigenvalue weighted by atomic mass is 16.5. The molecule has 0 aliphatic carbocycles. The molecule has 1 N–H and O–H groups in total. The van der Waals surface area contributed by atoms with Crippen LogP contribution in [0.4, 0.5) is 0 Å². The zero-order valence-corrected chi connectivity index (χ0v) is 12.4. The van der Waals surface area contributed by atoms with Gasteiger partial charge in [0.05, 0.1) is 13.2 Å². The average Bonchev–Trinajstić information content (AvgIpc) is 2.83. The van der Waals surface area contributed by atoms with Gasteiger partial charge >= 0.3 is 5.97 Å². The summed E-state index contributed by atoms with van der Waals surface area (Å²) in [6.45, 7) is 2.83. The number of amides is 1. The maximum absolute atomic E-state index is 12.6. The first-order chi connectivity index (χ1) is 10.6. The van der Waals surface area contributed by atoms with Crippen LogP contribution < -0.4 is 0 Å². The molecule has 1 aromatic carbocycles. The molecule has 1 aliphatic heterocycles. The second kappa shape index (κ2) is 5.81. The van der Waals surface area contributed by atoms with E-state index in [1.807, 2.05) is 41.8 Å². The van der Waals surface area contributed by atoms with Crippen molar-refractivity contribution in [2.45, 2.75) is 19.5 Å². The SMILES string of the molecule is Cc1cc2ccccc2n1CC(=O)N1CCOCC1C(=O)O. The molecule has 1 unspecified atom stereocenters. The van der Waals surface area contributed by atoms with Crippen LogP contribution in [0.25, 0.3) is 10.9 Å². The van der Waals surface area contributed by atoms with Gasteiger partial charge in [-0.1, -0.05) is 18.2 Å². The van der Waals surface area contributed by atoms with E-state index in [-0.39, 0.29) is 19.1 Å². The third-order valence-electron chi connectivity index (χ3n) is 4.04. The van der Waals surface area contributed by atoms with Crippen LogP contribution in [0.2, 0.25) is 0 Å². The molecule has 0 saturated carbocycles. The fourth-order valence-corrected chi connectivity index (χ4v) is 2.89. The van der Waals surface area contributed by atoms with Gasteiger partial charge in [-0.2, -0.15) is 0 Å². The maximum atomic E-state index is 12.6. The lowest BCUT2D eigenvalue weighted by Gasteiger charge is -2.33. The number of carbonyl (C=O) groups is 2. The third kappa shape index (κ3) is 2.57. The molecule has 1 aromatic heterocycles. The number of para-hydroxylation sites is 1. The van der Waals surface area contributed by atoms with Crippen molar-refractivity contribution < 1.29 is 19.4 Å². The molecule has 1 aliphatic rings. The molecule has 2 aromatic rings. The number of aryl methyl sites for hydroxylation is 1. The van der Waals surface area contributed by atoms with Gasteiger partial charge in [0.2, 0.25) is 5.91 Å². The Hall–Kier alpha value is -2.34. The molecular formula is C16H18N2O4. The van der Waals surface area contributed by atoms with E-state index in [0.29, 0.717) is 13.2 Å². The maximum Gasteiger partial charge on any atom is 0.328 e. The minimum atomic E-state index is -1.03. The summed E-state index contributed by atoms with van der Waals surface area (Å²) in [4.78, 5) is 25.2. The average molecular weight is 302 g/mol. The molecular weight excluding hydrogens is 284 g/mol. The van der Waals surface area contributed by atoms with E-state index in [1.54, 1.807) is 0 Å². The van der Waals surface area contributed by atoms with Gasteiger partial charge < -0.3 is 19.3 Å². The Morgan fingerprint density at radius 2 is 2.14 bits per heavy atom. The van der Waals surface area contributed by atoms with Crippen molar-refractivity contribution in [2.75, 3.05) is 19.8 Å². The molecule has 1 atom stereocenters. The Kier molecular flexibility index (Phi) is 3.85. The molecule has 6 heteroatoms. The number of morpholine rings is 1. The van der Waals surface area contributed by atoms with Crippen LogP contribution in [0.5, 0.6) is 0 Å². The minimum absolute atomic E-state index is 0.0481. The number of rotatable bonds is 3. The molecule has 3 rings (SSSR count). The minimum Gasteiger partial charge on any atom is -0.480 e. The standard InChI is InChI=1S/C16H18N2O4/c1-11-8-12-4-2-3-5-13(12)18(11)9-15(19)17-6-7-22-10-14(17)16(20)21/h2-5,8,14H,6-7,9-10H2,1H3,(H,20,21). The number of carboxylic acids is 1. The summed E-state index contributed by atoms with van der Waals surface area (Å²) in [7, 11) is 0. The van der Waals surface area contributed by atoms with Gasteiger partial charge in [0.25, 0.3) is 0 Å². The molecule has 2 heterocycles. The van der Waals surface area contributed by atoms with Crippen molar-refractivity contribution in [3.63, 3.8) is 0 Å². The monoisotopic (exact) mass is 302 g/mol. The number of nitrogens with zero attached hydrogens (tertiary/aromatic N) is 2. The Balaban J connectivity index is 1.86. The zero-order valence-electron chi connectivity index (χ0n) is 12.4. The molecule has 22 heavy (non-hydrogen) atoms. The second-order valence-corrected chi connectivity index (χ2v) is 5.45. The largest absolute Gasteiger partial charge is 0.480 e. The number of ether oxygens (including phenoxy) is 1. The highest BCUT2D eigenvalue weighted by Crippen LogP contribution is 2.20. The number of hydrogen-bond donors (Lipinski definition) is 1. The zero-order chi connectivity index (χ0) is 15.7. The number of hydrogen-bond acceptors (Lipinski definition) is 3. The predicted molar refractivity (Wildman–Crippen MR) is 80.6 cm³/mol. The lowest BCUT2D eigenvalue weighted by atomic mass is 10.2. The van der Waals surface area contributed by atoms with Gasteiger partial charge in [0, 0.05) is 17.8 Å². The lowest BCUT2D eigenvalue weighted by Crippen LogP contribution is -2.53. The summed E-state index contributed by atoms with van der Waals surface area (Å²) in [5.41, 5.74) is 1.96. The smallest absolute Gasteiger partial charge is 0.328 e. The van der Waals surface area contributed by atoms with Crippen molar-refractivity contribution in [2.24, 2.45) is 0 Å². The first-order valence-corrected chi connectivity index (χ1v) is 7.23. The van der Waals surface area contributed by atoms with Gasteiger partial charge in [0.1, 0.15) is 6.54 Å². The number of aliphatic carboxylic acids is 1. The van der Waals surface area contributed by atoms with Gasteiger partial charge in [-0.3, -0.25) is 4.79 Å². The topological polar surface area (TPSA) is 71.8 Å². The third-order valence-corrected chi connectivity index (χ3v) is 4.04. The van der Waals surface area contributed by atoms with Crippen molar-refractivity contribution >= 4 is 22.8 Å². The van der Waals surface area contributed by atoms with Crippen molar-refractivity contribution in [3.8, 4) is 0 Å². The first-order valence-electron chi connectivity index (χ1n) is 7.23. The van der Waals surface area contributed by atoms with Gasteiger partial charge in [-0.25, -0.2) is 4.79 Å². The van der Waals surface area contributed by atoms with E-state index in [4.69, 9.17) is 4.74 Å². The summed E-state index contributed by atoms with van der Waals surface area (Å²) in [6.07, 6.45) is 0. The Morgan fingerprint density at radius 1 is 1.36 bits per heavy atom. The van der Waals surface area contributed by atoms with Crippen LogP contribution in [0.1, 0.15) is 5.69 Å². The van der Waals surface area contributed by atoms with Crippen LogP contribution in [-0.4, -0.2) is 52.3 Å². The van der Waals surface area contributed by atoms with Gasteiger partial charge in [-0.15, -0.1) is 0 Å². The molecule has 6 nitrogen and oxygen atoms in total. The van der Waals surface area contributed by atoms with Crippen LogP contribution in [0, 0.1) is 6.92 Å². The number of carboxylic acid groups (broad SMARTS) is 1. The molecule has 0 radical (unpaired) electrons. The Labute approximate surface area is 127 Å². The van der Waals surface area contributed by atoms with E-state index in [9.17, 15) is 14.7 Å². The Bertz CT molecular complexity index is 722. The normalized spacial score (nSPS) is 18.6. The van der Waals surface area contributed by atoms with E-state index < -0.39 is 12.0 Å². The molecule has 116 valence electrons. The van der Waals surface area contributed by atoms with Crippen LogP contribution >= 0.6 is 0 Å². The predicted octanol–water partition coefficient (Wildman–Crippen LogP) is 1.26. The molecule has 1 fully saturated rings. The van der Waals surface area contributed by atoms with E-state index >= 15 is 0 Å². The number of benzene rings is 1. The van der Waals surface area contributed by atoms with Gasteiger partial charge in [-0.05, 0) is 24.4 Å². The van der Waals surface area contributed by atoms with Gasteiger partial charge in [0.15, 0.2) is 6.04 Å². The lowest BCUT2D eigenvalue weighted by molar-refractivity contribution is -0.158. The quantitative estimate of drug-likeness (QED) is 0.926. The van der Waals surface area contributed by atoms with Crippen molar-refractivity contribution in [3.05, 3.63) is 36.0 Å². The molecule has 0 bridgehead atoms. The highest BCUT2D eigenvalue weighted by Gasteiger charge is 2.32. The summed E-state index contributed by atoms with van der Waals surface area (Å²) in [6, 6.07) is 8.97. The fraction of sp³-hybridized carbons (Fsp3) is 0.375. The molecule has 0 spiro atoms. The molecule has 1 amide bonds. The number of carbonyl (C=O) groups excluding carboxylic acids is 1. The first kappa shape index (κ1) is 14.6.